The van der Waals surface area contributed by atoms with Gasteiger partial charge in [-0.3, -0.25) is 0 Å². The maximum Gasteiger partial charge on any atom is 0.195 e. The Morgan fingerprint density at radius 1 is 1.16 bits per heavy atom. The summed E-state index contributed by atoms with van der Waals surface area (Å²) in [7, 11) is -0.300. The highest BCUT2D eigenvalue weighted by atomic mass is 28.4. The zero-order valence-electron chi connectivity index (χ0n) is 20.3. The van der Waals surface area contributed by atoms with E-state index in [-0.39, 0.29) is 36.3 Å². The minimum Gasteiger partial charge on any atom is -0.405 e. The molecule has 2 saturated carbocycles. The molecule has 0 aromatic heterocycles. The minimum absolute atomic E-state index is 0.0541. The zero-order valence-corrected chi connectivity index (χ0v) is 21.3. The predicted octanol–water partition coefficient (Wildman–Crippen LogP) is 5.39. The third-order valence-corrected chi connectivity index (χ3v) is 14.7. The van der Waals surface area contributed by atoms with Crippen LogP contribution < -0.4 is 0 Å². The second-order valence-corrected chi connectivity index (χ2v) is 15.8. The fraction of sp³-hybridized carbons (Fsp3) is 0.920. The number of methoxy groups -OCH3 is 1. The quantitative estimate of drug-likeness (QED) is 0.395. The molecule has 2 bridgehead atoms. The van der Waals surface area contributed by atoms with Crippen molar-refractivity contribution >= 4 is 8.32 Å². The first-order valence-corrected chi connectivity index (χ1v) is 15.0. The Morgan fingerprint density at radius 3 is 2.39 bits per heavy atom. The molecular formula is C25H44O5Si. The van der Waals surface area contributed by atoms with Crippen molar-refractivity contribution in [3.63, 3.8) is 0 Å². The summed E-state index contributed by atoms with van der Waals surface area (Å²) < 4.78 is 26.1. The Labute approximate surface area is 190 Å². The summed E-state index contributed by atoms with van der Waals surface area (Å²) >= 11 is 0. The van der Waals surface area contributed by atoms with Gasteiger partial charge in [0.25, 0.3) is 0 Å². The van der Waals surface area contributed by atoms with Crippen LogP contribution in [0.25, 0.3) is 0 Å². The van der Waals surface area contributed by atoms with Gasteiger partial charge in [-0.1, -0.05) is 59.1 Å². The monoisotopic (exact) mass is 452 g/mol. The summed E-state index contributed by atoms with van der Waals surface area (Å²) in [5.74, 6) is 0.396. The molecule has 0 aromatic carbocycles. The van der Waals surface area contributed by atoms with Gasteiger partial charge in [-0.05, 0) is 36.9 Å². The van der Waals surface area contributed by atoms with Gasteiger partial charge in [0.1, 0.15) is 5.60 Å². The standard InChI is InChI=1S/C25H44O5Si/c1-7-31(8-2,17(3)4)30-25-15-21(27-6)29-23(25)28-20-14-19(25)18(5)22(20)24(16-26)12-10-9-11-13-24/h17,19-23,26H,5,7-16H2,1-4,6H3/t19-,20+,21+,22?,23-,25+/m1/s1. The first-order valence-electron chi connectivity index (χ1n) is 12.6. The highest BCUT2D eigenvalue weighted by Crippen LogP contribution is 2.63. The van der Waals surface area contributed by atoms with Crippen molar-refractivity contribution in [2.24, 2.45) is 17.3 Å². The second kappa shape index (κ2) is 8.84. The molecule has 2 aliphatic carbocycles. The highest BCUT2D eigenvalue weighted by molar-refractivity contribution is 6.75. The minimum atomic E-state index is -2.01. The highest BCUT2D eigenvalue weighted by Gasteiger charge is 2.68. The number of rotatable bonds is 8. The molecule has 6 atom stereocenters. The molecule has 1 unspecified atom stereocenters. The Morgan fingerprint density at radius 2 is 1.84 bits per heavy atom. The second-order valence-electron chi connectivity index (χ2n) is 10.9. The Hall–Kier alpha value is -0.243. The van der Waals surface area contributed by atoms with E-state index in [1.54, 1.807) is 7.11 Å². The lowest BCUT2D eigenvalue weighted by molar-refractivity contribution is -0.270. The number of ether oxygens (including phenoxy) is 3. The normalized spacial score (nSPS) is 39.8. The molecule has 1 N–H and O–H groups in total. The molecule has 178 valence electrons. The van der Waals surface area contributed by atoms with Crippen LogP contribution in [0.5, 0.6) is 0 Å². The van der Waals surface area contributed by atoms with E-state index in [0.29, 0.717) is 12.0 Å². The van der Waals surface area contributed by atoms with E-state index in [0.717, 1.165) is 31.4 Å². The lowest BCUT2D eigenvalue weighted by atomic mass is 9.63. The van der Waals surface area contributed by atoms with Crippen LogP contribution in [0.3, 0.4) is 0 Å². The first-order chi connectivity index (χ1) is 14.8. The molecule has 2 aliphatic heterocycles. The Kier molecular flexibility index (Phi) is 6.82. The summed E-state index contributed by atoms with van der Waals surface area (Å²) in [6.07, 6.45) is 6.73. The molecule has 4 fully saturated rings. The van der Waals surface area contributed by atoms with E-state index < -0.39 is 20.2 Å². The molecule has 0 amide bonds. The molecule has 0 aromatic rings. The third-order valence-electron chi connectivity index (χ3n) is 9.46. The van der Waals surface area contributed by atoms with Crippen molar-refractivity contribution in [3.8, 4) is 0 Å². The molecule has 4 aliphatic rings. The molecule has 5 nitrogen and oxygen atoms in total. The van der Waals surface area contributed by atoms with Gasteiger partial charge >= 0.3 is 0 Å². The smallest absolute Gasteiger partial charge is 0.195 e. The van der Waals surface area contributed by atoms with Crippen molar-refractivity contribution in [2.75, 3.05) is 13.7 Å². The van der Waals surface area contributed by atoms with Gasteiger partial charge in [-0.15, -0.1) is 0 Å². The van der Waals surface area contributed by atoms with Gasteiger partial charge < -0.3 is 23.7 Å². The van der Waals surface area contributed by atoms with Crippen LogP contribution in [0.2, 0.25) is 17.6 Å². The summed E-state index contributed by atoms with van der Waals surface area (Å²) in [5, 5.41) is 10.6. The van der Waals surface area contributed by atoms with Crippen LogP contribution in [0.4, 0.5) is 0 Å². The van der Waals surface area contributed by atoms with Crippen molar-refractivity contribution in [1.82, 2.24) is 0 Å². The van der Waals surface area contributed by atoms with Crippen LogP contribution in [-0.4, -0.2) is 51.4 Å². The van der Waals surface area contributed by atoms with Crippen LogP contribution in [0, 0.1) is 17.3 Å². The lowest BCUT2D eigenvalue weighted by Crippen LogP contribution is -2.59. The maximum atomic E-state index is 10.6. The summed E-state index contributed by atoms with van der Waals surface area (Å²) in [5.41, 5.74) is 1.14. The predicted molar refractivity (Wildman–Crippen MR) is 124 cm³/mol. The van der Waals surface area contributed by atoms with E-state index in [1.807, 2.05) is 0 Å². The molecular weight excluding hydrogens is 408 g/mol. The summed E-state index contributed by atoms with van der Waals surface area (Å²) in [4.78, 5) is 0. The van der Waals surface area contributed by atoms with Crippen LogP contribution in [0.1, 0.15) is 72.6 Å². The van der Waals surface area contributed by atoms with Gasteiger partial charge in [0, 0.05) is 37.4 Å². The summed E-state index contributed by atoms with van der Waals surface area (Å²) in [6.45, 7) is 14.1. The lowest BCUT2D eigenvalue weighted by Gasteiger charge is -2.49. The van der Waals surface area contributed by atoms with E-state index in [9.17, 15) is 5.11 Å². The fourth-order valence-corrected chi connectivity index (χ4v) is 11.2. The Balaban J connectivity index is 1.72. The van der Waals surface area contributed by atoms with Crippen molar-refractivity contribution in [1.29, 1.82) is 0 Å². The third kappa shape index (κ3) is 3.60. The molecule has 4 rings (SSSR count). The molecule has 6 heteroatoms. The SMILES string of the molecule is C=C1C(C2(CO)CCCCC2)[C@@H]2C[C@H]1[C@@]1(O[Si](CC)(CC)C(C)C)C[C@@H](OC)O[C@H]1O2. The van der Waals surface area contributed by atoms with Crippen LogP contribution >= 0.6 is 0 Å². The number of aliphatic hydroxyl groups is 1. The Bertz CT molecular complexity index is 656. The number of aliphatic hydroxyl groups excluding tert-OH is 1. The van der Waals surface area contributed by atoms with Crippen molar-refractivity contribution in [2.45, 2.75) is 115 Å². The first kappa shape index (κ1) is 23.9. The van der Waals surface area contributed by atoms with Crippen LogP contribution in [-0.2, 0) is 18.6 Å². The van der Waals surface area contributed by atoms with E-state index in [4.69, 9.17) is 18.6 Å². The molecule has 2 saturated heterocycles. The van der Waals surface area contributed by atoms with Gasteiger partial charge in [0.2, 0.25) is 0 Å². The largest absolute Gasteiger partial charge is 0.405 e. The number of fused-ring (bicyclic) bond motifs is 4. The average molecular weight is 453 g/mol. The van der Waals surface area contributed by atoms with Gasteiger partial charge in [-0.25, -0.2) is 0 Å². The number of hydrogen-bond donors (Lipinski definition) is 1. The van der Waals surface area contributed by atoms with Crippen molar-refractivity contribution < 1.29 is 23.7 Å². The van der Waals surface area contributed by atoms with E-state index >= 15 is 0 Å². The van der Waals surface area contributed by atoms with Crippen molar-refractivity contribution in [3.05, 3.63) is 12.2 Å². The van der Waals surface area contributed by atoms with E-state index in [2.05, 4.69) is 34.3 Å². The average Bonchev–Trinajstić information content (AvgIpc) is 3.29. The molecule has 0 spiro atoms. The molecule has 0 radical (unpaired) electrons. The zero-order chi connectivity index (χ0) is 22.4. The van der Waals surface area contributed by atoms with Gasteiger partial charge in [-0.2, -0.15) is 0 Å². The van der Waals surface area contributed by atoms with E-state index in [1.165, 1.54) is 24.8 Å². The molecule has 31 heavy (non-hydrogen) atoms. The van der Waals surface area contributed by atoms with Gasteiger partial charge in [0.05, 0.1) is 6.10 Å². The maximum absolute atomic E-state index is 10.6. The topological polar surface area (TPSA) is 57.2 Å². The number of hydrogen-bond acceptors (Lipinski definition) is 5. The summed E-state index contributed by atoms with van der Waals surface area (Å²) in [6, 6.07) is 2.17. The van der Waals surface area contributed by atoms with Crippen LogP contribution in [0.15, 0.2) is 12.2 Å². The molecule has 2 heterocycles. The fourth-order valence-electron chi connectivity index (χ4n) is 7.51. The van der Waals surface area contributed by atoms with Gasteiger partial charge in [0.15, 0.2) is 20.9 Å².